The lowest BCUT2D eigenvalue weighted by atomic mass is 10.1. The lowest BCUT2D eigenvalue weighted by Crippen LogP contribution is -2.38. The van der Waals surface area contributed by atoms with Crippen molar-refractivity contribution in [2.75, 3.05) is 5.32 Å². The minimum absolute atomic E-state index is 0.208. The fourth-order valence-corrected chi connectivity index (χ4v) is 3.54. The van der Waals surface area contributed by atoms with Gasteiger partial charge in [-0.1, -0.05) is 23.7 Å². The molecule has 0 saturated carbocycles. The summed E-state index contributed by atoms with van der Waals surface area (Å²) in [5.41, 5.74) is 2.35. The summed E-state index contributed by atoms with van der Waals surface area (Å²) < 4.78 is 0. The van der Waals surface area contributed by atoms with Gasteiger partial charge in [-0.2, -0.15) is 0 Å². The van der Waals surface area contributed by atoms with E-state index < -0.39 is 0 Å². The van der Waals surface area contributed by atoms with Crippen molar-refractivity contribution in [1.82, 2.24) is 4.90 Å². The van der Waals surface area contributed by atoms with Gasteiger partial charge < -0.3 is 5.32 Å². The Morgan fingerprint density at radius 2 is 1.92 bits per heavy atom. The molecule has 0 aliphatic carbocycles. The van der Waals surface area contributed by atoms with Crippen LogP contribution in [0.3, 0.4) is 0 Å². The Labute approximate surface area is 149 Å². The quantitative estimate of drug-likeness (QED) is 0.826. The Balaban J connectivity index is 2.07. The lowest BCUT2D eigenvalue weighted by Gasteiger charge is -2.19. The van der Waals surface area contributed by atoms with Crippen molar-refractivity contribution in [3.8, 4) is 0 Å². The number of anilines is 1. The van der Waals surface area contributed by atoms with E-state index in [9.17, 15) is 9.59 Å². The molecular weight excluding hydrogens is 344 g/mol. The monoisotopic (exact) mass is 360 g/mol. The zero-order valence-corrected chi connectivity index (χ0v) is 15.2. The van der Waals surface area contributed by atoms with Gasteiger partial charge in [0.2, 0.25) is 0 Å². The Hall–Kier alpha value is -2.11. The molecule has 0 bridgehead atoms. The molecule has 1 N–H and O–H groups in total. The summed E-state index contributed by atoms with van der Waals surface area (Å²) in [4.78, 5) is 27.6. The van der Waals surface area contributed by atoms with Gasteiger partial charge in [0.1, 0.15) is 5.70 Å². The third-order valence-corrected chi connectivity index (χ3v) is 5.14. The van der Waals surface area contributed by atoms with Gasteiger partial charge in [0.05, 0.1) is 5.57 Å². The molecule has 3 rings (SSSR count). The fraction of sp³-hybridized carbons (Fsp3) is 0.222. The second-order valence-electron chi connectivity index (χ2n) is 5.89. The first-order chi connectivity index (χ1) is 11.4. The third-order valence-electron chi connectivity index (χ3n) is 3.84. The van der Waals surface area contributed by atoms with E-state index in [0.29, 0.717) is 22.0 Å². The molecule has 24 heavy (non-hydrogen) atoms. The number of hydrogen-bond donors (Lipinski definition) is 1. The molecule has 2 amide bonds. The summed E-state index contributed by atoms with van der Waals surface area (Å²) in [6, 6.07) is 8.97. The molecule has 1 aromatic carbocycles. The molecule has 0 unspecified atom stereocenters. The van der Waals surface area contributed by atoms with Gasteiger partial charge >= 0.3 is 0 Å². The minimum Gasteiger partial charge on any atom is -0.350 e. The minimum atomic E-state index is -0.310. The zero-order valence-electron chi connectivity index (χ0n) is 13.6. The maximum absolute atomic E-state index is 12.8. The van der Waals surface area contributed by atoms with Crippen molar-refractivity contribution in [2.45, 2.75) is 26.8 Å². The number of halogens is 1. The van der Waals surface area contributed by atoms with Crippen LogP contribution < -0.4 is 5.32 Å². The average Bonchev–Trinajstić information content (AvgIpc) is 3.10. The molecule has 0 saturated heterocycles. The molecule has 1 aliphatic rings. The van der Waals surface area contributed by atoms with Crippen molar-refractivity contribution < 1.29 is 9.59 Å². The molecule has 124 valence electrons. The van der Waals surface area contributed by atoms with Crippen LogP contribution in [0.2, 0.25) is 5.02 Å². The highest BCUT2D eigenvalue weighted by molar-refractivity contribution is 7.11. The van der Waals surface area contributed by atoms with Crippen LogP contribution in [0.4, 0.5) is 5.69 Å². The van der Waals surface area contributed by atoms with E-state index in [4.69, 9.17) is 11.6 Å². The van der Waals surface area contributed by atoms with Crippen molar-refractivity contribution in [1.29, 1.82) is 0 Å². The Bertz CT molecular complexity index is 841. The summed E-state index contributed by atoms with van der Waals surface area (Å²) in [6.45, 7) is 5.56. The van der Waals surface area contributed by atoms with E-state index in [2.05, 4.69) is 5.32 Å². The van der Waals surface area contributed by atoms with Crippen molar-refractivity contribution >= 4 is 46.0 Å². The molecular formula is C18H17ClN2O2S. The van der Waals surface area contributed by atoms with Crippen LogP contribution in [0.5, 0.6) is 0 Å². The smallest absolute Gasteiger partial charge is 0.278 e. The number of nitrogens with one attached hydrogen (secondary N) is 1. The van der Waals surface area contributed by atoms with Gasteiger partial charge in [0.15, 0.2) is 0 Å². The number of nitrogens with zero attached hydrogens (tertiary/aromatic N) is 1. The highest BCUT2D eigenvalue weighted by atomic mass is 35.5. The van der Waals surface area contributed by atoms with Gasteiger partial charge in [0, 0.05) is 21.6 Å². The van der Waals surface area contributed by atoms with Crippen LogP contribution >= 0.6 is 22.9 Å². The molecule has 2 aromatic rings. The van der Waals surface area contributed by atoms with Crippen LogP contribution in [-0.2, 0) is 9.59 Å². The van der Waals surface area contributed by atoms with Gasteiger partial charge in [-0.25, -0.2) is 0 Å². The molecule has 0 spiro atoms. The van der Waals surface area contributed by atoms with Crippen LogP contribution in [-0.4, -0.2) is 22.8 Å². The number of carbonyl (C=O) groups excluding carboxylic acids is 2. The standard InChI is InChI=1S/C18H17ClN2O2S/c1-10(2)21-17(22)15(14-5-4-8-24-14)16(18(21)23)20-12-7-6-11(3)13(19)9-12/h4-10,20H,1-3H3. The third kappa shape index (κ3) is 2.85. The first kappa shape index (κ1) is 16.7. The first-order valence-corrected chi connectivity index (χ1v) is 8.85. The fourth-order valence-electron chi connectivity index (χ4n) is 2.60. The van der Waals surface area contributed by atoms with Crippen molar-refractivity contribution in [2.24, 2.45) is 0 Å². The second-order valence-corrected chi connectivity index (χ2v) is 7.25. The van der Waals surface area contributed by atoms with E-state index in [1.54, 1.807) is 6.07 Å². The number of carbonyl (C=O) groups is 2. The predicted octanol–water partition coefficient (Wildman–Crippen LogP) is 4.31. The van der Waals surface area contributed by atoms with Crippen LogP contribution in [0, 0.1) is 6.92 Å². The van der Waals surface area contributed by atoms with Gasteiger partial charge in [-0.05, 0) is 49.9 Å². The van der Waals surface area contributed by atoms with Gasteiger partial charge in [-0.3, -0.25) is 14.5 Å². The number of rotatable bonds is 4. The molecule has 1 aliphatic heterocycles. The van der Waals surface area contributed by atoms with E-state index in [-0.39, 0.29) is 17.9 Å². The van der Waals surface area contributed by atoms with E-state index in [0.717, 1.165) is 10.4 Å². The first-order valence-electron chi connectivity index (χ1n) is 7.59. The van der Waals surface area contributed by atoms with Crippen LogP contribution in [0.1, 0.15) is 24.3 Å². The van der Waals surface area contributed by atoms with E-state index >= 15 is 0 Å². The molecule has 1 aromatic heterocycles. The largest absolute Gasteiger partial charge is 0.350 e. The lowest BCUT2D eigenvalue weighted by molar-refractivity contribution is -0.138. The Kier molecular flexibility index (Phi) is 4.47. The SMILES string of the molecule is Cc1ccc(NC2=C(c3cccs3)C(=O)N(C(C)C)C2=O)cc1Cl. The summed E-state index contributed by atoms with van der Waals surface area (Å²) in [5, 5.41) is 5.60. The van der Waals surface area contributed by atoms with Gasteiger partial charge in [0.25, 0.3) is 11.8 Å². The van der Waals surface area contributed by atoms with Crippen LogP contribution in [0.15, 0.2) is 41.4 Å². The maximum atomic E-state index is 12.8. The number of imide groups is 1. The zero-order chi connectivity index (χ0) is 17.4. The maximum Gasteiger partial charge on any atom is 0.278 e. The van der Waals surface area contributed by atoms with E-state index in [1.165, 1.54) is 16.2 Å². The molecule has 0 atom stereocenters. The Morgan fingerprint density at radius 1 is 1.17 bits per heavy atom. The Morgan fingerprint density at radius 3 is 2.50 bits per heavy atom. The topological polar surface area (TPSA) is 49.4 Å². The van der Waals surface area contributed by atoms with Gasteiger partial charge in [-0.15, -0.1) is 11.3 Å². The molecule has 4 nitrogen and oxygen atoms in total. The van der Waals surface area contributed by atoms with E-state index in [1.807, 2.05) is 50.4 Å². The van der Waals surface area contributed by atoms with Crippen molar-refractivity contribution in [3.63, 3.8) is 0 Å². The highest BCUT2D eigenvalue weighted by Gasteiger charge is 2.40. The molecule has 2 heterocycles. The highest BCUT2D eigenvalue weighted by Crippen LogP contribution is 2.34. The molecule has 6 heteroatoms. The number of benzene rings is 1. The second kappa shape index (κ2) is 6.42. The molecule has 0 fully saturated rings. The number of thiophene rings is 1. The number of aryl methyl sites for hydroxylation is 1. The summed E-state index contributed by atoms with van der Waals surface area (Å²) >= 11 is 7.60. The normalized spacial score (nSPS) is 15.0. The summed E-state index contributed by atoms with van der Waals surface area (Å²) in [5.74, 6) is -0.576. The number of hydrogen-bond acceptors (Lipinski definition) is 4. The van der Waals surface area contributed by atoms with Crippen LogP contribution in [0.25, 0.3) is 5.57 Å². The molecule has 0 radical (unpaired) electrons. The van der Waals surface area contributed by atoms with Crippen molar-refractivity contribution in [3.05, 3.63) is 56.9 Å². The predicted molar refractivity (Wildman–Crippen MR) is 98.0 cm³/mol. The summed E-state index contributed by atoms with van der Waals surface area (Å²) in [6.07, 6.45) is 0. The number of amides is 2. The summed E-state index contributed by atoms with van der Waals surface area (Å²) in [7, 11) is 0. The average molecular weight is 361 g/mol.